The zero-order valence-corrected chi connectivity index (χ0v) is 14.6. The smallest absolute Gasteiger partial charge is 0.254 e. The van der Waals surface area contributed by atoms with Gasteiger partial charge >= 0.3 is 0 Å². The first-order valence-electron chi connectivity index (χ1n) is 7.88. The first-order valence-corrected chi connectivity index (χ1v) is 9.64. The standard InChI is InChI=1S/C19H17NO2S2/c21-12-13-3-5-15(6-4-13)19(22)20-9-7-14-8-11-24-18(14)17(20)16-2-1-10-23-16/h1-6,8,10-11,17,21H,7,9,12H2. The van der Waals surface area contributed by atoms with Gasteiger partial charge in [-0.25, -0.2) is 0 Å². The summed E-state index contributed by atoms with van der Waals surface area (Å²) in [5, 5.41) is 13.4. The average molecular weight is 355 g/mol. The summed E-state index contributed by atoms with van der Waals surface area (Å²) >= 11 is 3.43. The minimum absolute atomic E-state index is 0.00540. The molecule has 3 heterocycles. The fraction of sp³-hybridized carbons (Fsp3) is 0.211. The van der Waals surface area contributed by atoms with Gasteiger partial charge < -0.3 is 10.0 Å². The molecule has 1 atom stereocenters. The van der Waals surface area contributed by atoms with E-state index in [-0.39, 0.29) is 18.6 Å². The number of fused-ring (bicyclic) bond motifs is 1. The van der Waals surface area contributed by atoms with Crippen LogP contribution in [0.1, 0.15) is 37.3 Å². The van der Waals surface area contributed by atoms with Gasteiger partial charge in [-0.15, -0.1) is 22.7 Å². The lowest BCUT2D eigenvalue weighted by molar-refractivity contribution is 0.0700. The summed E-state index contributed by atoms with van der Waals surface area (Å²) in [6.45, 7) is 0.724. The van der Waals surface area contributed by atoms with Crippen LogP contribution in [0, 0.1) is 0 Å². The zero-order valence-electron chi connectivity index (χ0n) is 13.0. The maximum absolute atomic E-state index is 13.1. The molecule has 122 valence electrons. The van der Waals surface area contributed by atoms with E-state index in [9.17, 15) is 9.90 Å². The molecule has 0 radical (unpaired) electrons. The van der Waals surface area contributed by atoms with Crippen LogP contribution in [0.15, 0.2) is 53.2 Å². The Hall–Kier alpha value is -1.95. The highest BCUT2D eigenvalue weighted by Gasteiger charge is 2.34. The van der Waals surface area contributed by atoms with Crippen LogP contribution in [0.5, 0.6) is 0 Å². The summed E-state index contributed by atoms with van der Waals surface area (Å²) in [6.07, 6.45) is 0.904. The lowest BCUT2D eigenvalue weighted by atomic mass is 9.99. The molecule has 5 heteroatoms. The summed E-state index contributed by atoms with van der Waals surface area (Å²) in [7, 11) is 0. The van der Waals surface area contributed by atoms with E-state index in [0.29, 0.717) is 5.56 Å². The second kappa shape index (κ2) is 6.51. The van der Waals surface area contributed by atoms with Crippen LogP contribution in [0.4, 0.5) is 0 Å². The van der Waals surface area contributed by atoms with Crippen LogP contribution >= 0.6 is 22.7 Å². The molecule has 2 aromatic heterocycles. The number of nitrogens with zero attached hydrogens (tertiary/aromatic N) is 1. The van der Waals surface area contributed by atoms with Crippen molar-refractivity contribution >= 4 is 28.6 Å². The van der Waals surface area contributed by atoms with Gasteiger partial charge in [0.15, 0.2) is 0 Å². The molecule has 0 fully saturated rings. The van der Waals surface area contributed by atoms with Gasteiger partial charge in [0, 0.05) is 21.9 Å². The molecule has 1 aromatic carbocycles. The fourth-order valence-corrected chi connectivity index (χ4v) is 5.18. The topological polar surface area (TPSA) is 40.5 Å². The molecule has 0 bridgehead atoms. The quantitative estimate of drug-likeness (QED) is 0.769. The van der Waals surface area contributed by atoms with E-state index >= 15 is 0 Å². The molecule has 4 rings (SSSR count). The zero-order chi connectivity index (χ0) is 16.5. The third-order valence-electron chi connectivity index (χ3n) is 4.42. The van der Waals surface area contributed by atoms with Crippen molar-refractivity contribution < 1.29 is 9.90 Å². The SMILES string of the molecule is O=C(c1ccc(CO)cc1)N1CCc2ccsc2C1c1cccs1. The molecular weight excluding hydrogens is 338 g/mol. The highest BCUT2D eigenvalue weighted by Crippen LogP contribution is 2.40. The van der Waals surface area contributed by atoms with Gasteiger partial charge in [-0.05, 0) is 52.6 Å². The van der Waals surface area contributed by atoms with Gasteiger partial charge in [0.05, 0.1) is 6.61 Å². The Labute approximate surface area is 148 Å². The van der Waals surface area contributed by atoms with Crippen molar-refractivity contribution in [2.75, 3.05) is 6.54 Å². The molecule has 1 amide bonds. The number of carbonyl (C=O) groups excluding carboxylic acids is 1. The van der Waals surface area contributed by atoms with Gasteiger partial charge in [0.1, 0.15) is 6.04 Å². The molecule has 1 aliphatic rings. The van der Waals surface area contributed by atoms with Gasteiger partial charge in [-0.2, -0.15) is 0 Å². The normalized spacial score (nSPS) is 16.9. The number of hydrogen-bond donors (Lipinski definition) is 1. The van der Waals surface area contributed by atoms with E-state index in [4.69, 9.17) is 0 Å². The van der Waals surface area contributed by atoms with E-state index in [1.165, 1.54) is 15.3 Å². The van der Waals surface area contributed by atoms with Gasteiger partial charge in [0.2, 0.25) is 0 Å². The maximum Gasteiger partial charge on any atom is 0.254 e. The molecule has 1 N–H and O–H groups in total. The number of hydrogen-bond acceptors (Lipinski definition) is 4. The van der Waals surface area contributed by atoms with E-state index < -0.39 is 0 Å². The van der Waals surface area contributed by atoms with E-state index in [1.807, 2.05) is 35.2 Å². The van der Waals surface area contributed by atoms with Crippen LogP contribution in [0.2, 0.25) is 0 Å². The first-order chi connectivity index (χ1) is 11.8. The predicted octanol–water partition coefficient (Wildman–Crippen LogP) is 4.09. The molecule has 3 aromatic rings. The molecular formula is C19H17NO2S2. The van der Waals surface area contributed by atoms with Crippen molar-refractivity contribution in [2.24, 2.45) is 0 Å². The maximum atomic E-state index is 13.1. The molecule has 0 spiro atoms. The van der Waals surface area contributed by atoms with E-state index in [0.717, 1.165) is 18.5 Å². The average Bonchev–Trinajstić information content (AvgIpc) is 3.31. The second-order valence-electron chi connectivity index (χ2n) is 5.83. The molecule has 0 saturated carbocycles. The first kappa shape index (κ1) is 15.6. The Morgan fingerprint density at radius 1 is 1.12 bits per heavy atom. The summed E-state index contributed by atoms with van der Waals surface area (Å²) in [6, 6.07) is 13.6. The number of amides is 1. The second-order valence-corrected chi connectivity index (χ2v) is 7.76. The van der Waals surface area contributed by atoms with Crippen LogP contribution in [-0.4, -0.2) is 22.5 Å². The van der Waals surface area contributed by atoms with Crippen LogP contribution in [0.3, 0.4) is 0 Å². The minimum atomic E-state index is -0.00540. The Balaban J connectivity index is 1.71. The third kappa shape index (κ3) is 2.69. The summed E-state index contributed by atoms with van der Waals surface area (Å²) in [4.78, 5) is 17.6. The van der Waals surface area contributed by atoms with E-state index in [1.54, 1.807) is 22.7 Å². The number of aliphatic hydroxyl groups is 1. The van der Waals surface area contributed by atoms with Crippen LogP contribution in [-0.2, 0) is 13.0 Å². The van der Waals surface area contributed by atoms with Crippen molar-refractivity contribution in [1.29, 1.82) is 0 Å². The predicted molar refractivity (Wildman–Crippen MR) is 97.6 cm³/mol. The Bertz CT molecular complexity index is 837. The highest BCUT2D eigenvalue weighted by atomic mass is 32.1. The van der Waals surface area contributed by atoms with Crippen LogP contribution in [0.25, 0.3) is 0 Å². The van der Waals surface area contributed by atoms with Gasteiger partial charge in [0.25, 0.3) is 5.91 Å². The summed E-state index contributed by atoms with van der Waals surface area (Å²) < 4.78 is 0. The number of thiophene rings is 2. The molecule has 1 aliphatic heterocycles. The molecule has 0 aliphatic carbocycles. The monoisotopic (exact) mass is 355 g/mol. The number of rotatable bonds is 3. The van der Waals surface area contributed by atoms with Crippen molar-refractivity contribution in [3.63, 3.8) is 0 Å². The minimum Gasteiger partial charge on any atom is -0.392 e. The van der Waals surface area contributed by atoms with Crippen molar-refractivity contribution in [2.45, 2.75) is 19.1 Å². The summed E-state index contributed by atoms with van der Waals surface area (Å²) in [5.41, 5.74) is 2.85. The summed E-state index contributed by atoms with van der Waals surface area (Å²) in [5.74, 6) is 0.0527. The Morgan fingerprint density at radius 3 is 2.67 bits per heavy atom. The molecule has 0 saturated heterocycles. The lowest BCUT2D eigenvalue weighted by Crippen LogP contribution is -2.39. The molecule has 3 nitrogen and oxygen atoms in total. The number of benzene rings is 1. The largest absolute Gasteiger partial charge is 0.392 e. The highest BCUT2D eigenvalue weighted by molar-refractivity contribution is 7.11. The number of aliphatic hydroxyl groups excluding tert-OH is 1. The van der Waals surface area contributed by atoms with Gasteiger partial charge in [-0.1, -0.05) is 18.2 Å². The van der Waals surface area contributed by atoms with Crippen LogP contribution < -0.4 is 0 Å². The molecule has 24 heavy (non-hydrogen) atoms. The lowest BCUT2D eigenvalue weighted by Gasteiger charge is -2.35. The van der Waals surface area contributed by atoms with Crippen molar-refractivity contribution in [1.82, 2.24) is 4.90 Å². The fourth-order valence-electron chi connectivity index (χ4n) is 3.17. The van der Waals surface area contributed by atoms with Crippen molar-refractivity contribution in [3.05, 3.63) is 79.7 Å². The Kier molecular flexibility index (Phi) is 4.22. The number of carbonyl (C=O) groups is 1. The van der Waals surface area contributed by atoms with Crippen molar-refractivity contribution in [3.8, 4) is 0 Å². The third-order valence-corrected chi connectivity index (χ3v) is 6.36. The molecule has 1 unspecified atom stereocenters. The van der Waals surface area contributed by atoms with Gasteiger partial charge in [-0.3, -0.25) is 4.79 Å². The Morgan fingerprint density at radius 2 is 1.96 bits per heavy atom. The van der Waals surface area contributed by atoms with E-state index in [2.05, 4.69) is 22.9 Å².